The summed E-state index contributed by atoms with van der Waals surface area (Å²) in [6, 6.07) is 129. The number of anilines is 6. The van der Waals surface area contributed by atoms with Gasteiger partial charge in [-0.2, -0.15) is 0 Å². The second kappa shape index (κ2) is 20.5. The first kappa shape index (κ1) is 54.0. The maximum Gasteiger partial charge on any atom is 0.252 e. The molecule has 7 bridgehead atoms. The second-order valence-electron chi connectivity index (χ2n) is 26.8. The van der Waals surface area contributed by atoms with E-state index >= 15 is 0 Å². The highest BCUT2D eigenvalue weighted by atomic mass is 15.2. The first-order valence-electron chi connectivity index (χ1n) is 33.8. The topological polar surface area (TPSA) is 16.3 Å². The summed E-state index contributed by atoms with van der Waals surface area (Å²) >= 11 is 0. The van der Waals surface area contributed by atoms with E-state index in [4.69, 9.17) is 0 Å². The van der Waals surface area contributed by atoms with Gasteiger partial charge in [0.25, 0.3) is 6.71 Å². The SMILES string of the molecule is CC12c3ccc(cc3)-c3cccc(-c4ccccc4)c3N3c4cc(-c5ccc6c(c5)c5ccccc5n6-c5ccccc5)ccc4B4c5ccc(-c6ccc7c(c6)c6ccccc6n7-c6ccccc6)cc5N(c5cc1cc3c54)c1c(-c3ccccc3)cccc1-c1ccc2cc1. The summed E-state index contributed by atoms with van der Waals surface area (Å²) in [5.41, 5.74) is 34.9. The molecule has 6 aliphatic rings. The fourth-order valence-electron chi connectivity index (χ4n) is 17.3. The zero-order chi connectivity index (χ0) is 63.6. The predicted octanol–water partition coefficient (Wildman–Crippen LogP) is 21.9. The highest BCUT2D eigenvalue weighted by Gasteiger charge is 2.47. The number of rotatable bonds is 6. The smallest absolute Gasteiger partial charge is 0.252 e. The van der Waals surface area contributed by atoms with E-state index in [9.17, 15) is 0 Å². The van der Waals surface area contributed by atoms with Gasteiger partial charge in [0.1, 0.15) is 0 Å². The molecule has 15 aromatic carbocycles. The summed E-state index contributed by atoms with van der Waals surface area (Å²) in [6.07, 6.45) is 0. The Bertz CT molecular complexity index is 5760. The molecule has 5 heteroatoms. The lowest BCUT2D eigenvalue weighted by atomic mass is 9.33. The Morgan fingerprint density at radius 1 is 0.247 bits per heavy atom. The Labute approximate surface area is 563 Å². The quantitative estimate of drug-likeness (QED) is 0.154. The molecule has 0 aliphatic carbocycles. The lowest BCUT2D eigenvalue weighted by Crippen LogP contribution is -2.61. The van der Waals surface area contributed by atoms with Crippen LogP contribution in [0.25, 0.3) is 122 Å². The number of para-hydroxylation sites is 6. The van der Waals surface area contributed by atoms with Crippen molar-refractivity contribution in [2.24, 2.45) is 0 Å². The third-order valence-electron chi connectivity index (χ3n) is 21.9. The van der Waals surface area contributed by atoms with Gasteiger partial charge in [0.15, 0.2) is 0 Å². The van der Waals surface area contributed by atoms with Crippen molar-refractivity contribution in [3.05, 3.63) is 356 Å². The Morgan fingerprint density at radius 2 is 0.588 bits per heavy atom. The summed E-state index contributed by atoms with van der Waals surface area (Å²) < 4.78 is 4.83. The van der Waals surface area contributed by atoms with E-state index in [1.54, 1.807) is 0 Å². The summed E-state index contributed by atoms with van der Waals surface area (Å²) in [5.74, 6) is 0. The molecule has 0 N–H and O–H groups in total. The van der Waals surface area contributed by atoms with Gasteiger partial charge in [-0.3, -0.25) is 0 Å². The molecule has 97 heavy (non-hydrogen) atoms. The van der Waals surface area contributed by atoms with Crippen LogP contribution in [0.5, 0.6) is 0 Å². The Balaban J connectivity index is 0.891. The van der Waals surface area contributed by atoms with Gasteiger partial charge in [0.05, 0.1) is 33.4 Å². The van der Waals surface area contributed by atoms with Crippen LogP contribution >= 0.6 is 0 Å². The highest BCUT2D eigenvalue weighted by Crippen LogP contribution is 2.57. The first-order valence-corrected chi connectivity index (χ1v) is 33.8. The minimum absolute atomic E-state index is 0.181. The van der Waals surface area contributed by atoms with E-state index in [0.29, 0.717) is 0 Å². The minimum atomic E-state index is -0.611. The number of hydrogen-bond acceptors (Lipinski definition) is 2. The molecule has 23 rings (SSSR count). The molecule has 0 radical (unpaired) electrons. The molecule has 0 fully saturated rings. The second-order valence-corrected chi connectivity index (χ2v) is 26.8. The van der Waals surface area contributed by atoms with E-state index in [0.717, 1.165) is 56.4 Å². The number of nitrogens with zero attached hydrogens (tertiary/aromatic N) is 4. The van der Waals surface area contributed by atoms with Crippen molar-refractivity contribution < 1.29 is 0 Å². The van der Waals surface area contributed by atoms with E-state index in [-0.39, 0.29) is 6.71 Å². The first-order chi connectivity index (χ1) is 48.0. The molecule has 6 aliphatic heterocycles. The van der Waals surface area contributed by atoms with E-state index < -0.39 is 5.41 Å². The summed E-state index contributed by atoms with van der Waals surface area (Å²) in [6.45, 7) is 2.29. The lowest BCUT2D eigenvalue weighted by molar-refractivity contribution is 0.693. The third kappa shape index (κ3) is 7.77. The molecule has 17 aromatic rings. The van der Waals surface area contributed by atoms with Crippen molar-refractivity contribution in [3.8, 4) is 78.1 Å². The maximum absolute atomic E-state index is 2.71. The van der Waals surface area contributed by atoms with Gasteiger partial charge in [0, 0.05) is 83.3 Å². The fraction of sp³-hybridized carbons (Fsp3) is 0.0217. The Kier molecular flexibility index (Phi) is 11.4. The van der Waals surface area contributed by atoms with Crippen LogP contribution in [0.4, 0.5) is 34.1 Å². The van der Waals surface area contributed by atoms with Gasteiger partial charge < -0.3 is 18.9 Å². The molecule has 0 spiro atoms. The molecule has 0 atom stereocenters. The zero-order valence-corrected chi connectivity index (χ0v) is 53.2. The molecular formula is C92H59BN4. The molecule has 8 heterocycles. The largest absolute Gasteiger partial charge is 0.310 e. The normalized spacial score (nSPS) is 13.4. The maximum atomic E-state index is 2.71. The number of benzene rings is 15. The van der Waals surface area contributed by atoms with Crippen LogP contribution in [0.3, 0.4) is 0 Å². The van der Waals surface area contributed by atoms with Crippen LogP contribution in [0.1, 0.15) is 23.6 Å². The van der Waals surface area contributed by atoms with Crippen molar-refractivity contribution in [1.82, 2.24) is 9.13 Å². The van der Waals surface area contributed by atoms with Crippen LogP contribution in [-0.2, 0) is 5.41 Å². The van der Waals surface area contributed by atoms with E-state index in [2.05, 4.69) is 366 Å². The van der Waals surface area contributed by atoms with Crippen molar-refractivity contribution in [1.29, 1.82) is 0 Å². The van der Waals surface area contributed by atoms with Crippen molar-refractivity contribution in [2.45, 2.75) is 12.3 Å². The number of aromatic nitrogens is 2. The van der Waals surface area contributed by atoms with Gasteiger partial charge in [-0.1, -0.05) is 255 Å². The summed E-state index contributed by atoms with van der Waals surface area (Å²) in [7, 11) is 0. The van der Waals surface area contributed by atoms with Gasteiger partial charge in [-0.25, -0.2) is 0 Å². The molecule has 0 saturated carbocycles. The highest BCUT2D eigenvalue weighted by molar-refractivity contribution is 7.00. The van der Waals surface area contributed by atoms with E-state index in [1.165, 1.54) is 133 Å². The molecule has 2 aromatic heterocycles. The number of fused-ring (bicyclic) bond motifs is 14. The summed E-state index contributed by atoms with van der Waals surface area (Å²) in [5, 5.41) is 4.91. The fourth-order valence-corrected chi connectivity index (χ4v) is 17.3. The van der Waals surface area contributed by atoms with Crippen LogP contribution < -0.4 is 26.2 Å². The van der Waals surface area contributed by atoms with Gasteiger partial charge >= 0.3 is 0 Å². The molecule has 0 amide bonds. The number of hydrogen-bond donors (Lipinski definition) is 0. The van der Waals surface area contributed by atoms with Crippen molar-refractivity contribution >= 4 is 101 Å². The van der Waals surface area contributed by atoms with Crippen LogP contribution in [0.15, 0.2) is 340 Å². The van der Waals surface area contributed by atoms with Gasteiger partial charge in [-0.05, 0) is 169 Å². The molecule has 0 saturated heterocycles. The van der Waals surface area contributed by atoms with Gasteiger partial charge in [-0.15, -0.1) is 0 Å². The van der Waals surface area contributed by atoms with Crippen molar-refractivity contribution in [3.63, 3.8) is 0 Å². The van der Waals surface area contributed by atoms with Crippen molar-refractivity contribution in [2.75, 3.05) is 9.80 Å². The van der Waals surface area contributed by atoms with E-state index in [1.807, 2.05) is 0 Å². The third-order valence-corrected chi connectivity index (χ3v) is 21.9. The molecular weight excluding hydrogens is 1170 g/mol. The minimum Gasteiger partial charge on any atom is -0.310 e. The summed E-state index contributed by atoms with van der Waals surface area (Å²) in [4.78, 5) is 5.41. The van der Waals surface area contributed by atoms with Crippen LogP contribution in [0, 0.1) is 0 Å². The molecule has 450 valence electrons. The standard InChI is InChI=1S/C92H59BN4/c1-92-66-44-36-60(37-45-66)73-32-18-30-71(58-20-6-2-7-21-58)90(73)96-85-54-64(62-42-50-83-77(52-62)75-28-14-16-34-81(75)94(83)69-24-10-4-11-25-69)40-48-79(85)93-80-49-41-65(63-43-51-84-78(53-63)76-29-15-17-35-82(76)95(84)70-26-12-5-13-27-70)55-86(80)97(88-57-68(92)56-87(96)89(88)93)91-72(59-22-8-3-9-23-59)31-19-33-74(91)61-38-46-67(92)47-39-61/h2-57H,1H3. The van der Waals surface area contributed by atoms with Gasteiger partial charge in [0.2, 0.25) is 0 Å². The van der Waals surface area contributed by atoms with Crippen LogP contribution in [0.2, 0.25) is 0 Å². The molecule has 4 nitrogen and oxygen atoms in total. The average Bonchev–Trinajstić information content (AvgIpc) is 1.37. The monoisotopic (exact) mass is 1230 g/mol. The Morgan fingerprint density at radius 3 is 1.01 bits per heavy atom. The zero-order valence-electron chi connectivity index (χ0n) is 53.2. The predicted molar refractivity (Wildman–Crippen MR) is 407 cm³/mol. The van der Waals surface area contributed by atoms with Crippen LogP contribution in [-0.4, -0.2) is 15.8 Å². The average molecular weight is 1230 g/mol. The Hall–Kier alpha value is -12.4. The lowest BCUT2D eigenvalue weighted by Gasteiger charge is -2.46. The molecule has 0 unspecified atom stereocenters.